The zero-order chi connectivity index (χ0) is 12.1. The predicted molar refractivity (Wildman–Crippen MR) is 71.2 cm³/mol. The quantitative estimate of drug-likeness (QED) is 0.898. The Balaban J connectivity index is 0.00000162. The smallest absolute Gasteiger partial charge is 0.0465 e. The molecule has 2 aromatic rings. The van der Waals surface area contributed by atoms with Crippen LogP contribution in [0.4, 0.5) is 0 Å². The first-order chi connectivity index (χ1) is 8.27. The second-order valence-corrected chi connectivity index (χ2v) is 4.47. The molecular formula is C13H12Cl3N2-. The van der Waals surface area contributed by atoms with Gasteiger partial charge >= 0.3 is 0 Å². The molecule has 1 aromatic carbocycles. The third kappa shape index (κ3) is 4.14. The molecule has 0 radical (unpaired) electrons. The lowest BCUT2D eigenvalue weighted by molar-refractivity contribution is -0.00000333. The van der Waals surface area contributed by atoms with Gasteiger partial charge in [0.25, 0.3) is 0 Å². The third-order valence-electron chi connectivity index (χ3n) is 2.44. The van der Waals surface area contributed by atoms with Gasteiger partial charge in [0.1, 0.15) is 0 Å². The molecule has 5 heteroatoms. The monoisotopic (exact) mass is 301 g/mol. The molecule has 0 atom stereocenters. The second kappa shape index (κ2) is 7.59. The summed E-state index contributed by atoms with van der Waals surface area (Å²) in [6.45, 7) is 1.42. The lowest BCUT2D eigenvalue weighted by atomic mass is 10.2. The third-order valence-corrected chi connectivity index (χ3v) is 3.15. The van der Waals surface area contributed by atoms with Crippen molar-refractivity contribution in [3.63, 3.8) is 0 Å². The molecule has 18 heavy (non-hydrogen) atoms. The van der Waals surface area contributed by atoms with Crippen molar-refractivity contribution < 1.29 is 12.4 Å². The van der Waals surface area contributed by atoms with Gasteiger partial charge in [-0.15, -0.1) is 0 Å². The molecule has 0 amide bonds. The number of rotatable bonds is 4. The Morgan fingerprint density at radius 2 is 1.56 bits per heavy atom. The molecule has 0 aliphatic rings. The van der Waals surface area contributed by atoms with Gasteiger partial charge in [0.2, 0.25) is 0 Å². The molecule has 0 unspecified atom stereocenters. The largest absolute Gasteiger partial charge is 1.00 e. The van der Waals surface area contributed by atoms with E-state index in [0.29, 0.717) is 16.6 Å². The van der Waals surface area contributed by atoms with Crippen molar-refractivity contribution in [3.8, 4) is 0 Å². The summed E-state index contributed by atoms with van der Waals surface area (Å²) in [5, 5.41) is 4.69. The summed E-state index contributed by atoms with van der Waals surface area (Å²) in [5.74, 6) is 0. The maximum atomic E-state index is 6.08. The zero-order valence-corrected chi connectivity index (χ0v) is 11.8. The van der Waals surface area contributed by atoms with E-state index < -0.39 is 0 Å². The lowest BCUT2D eigenvalue weighted by Crippen LogP contribution is -3.00. The van der Waals surface area contributed by atoms with Crippen LogP contribution in [-0.4, -0.2) is 4.98 Å². The van der Waals surface area contributed by atoms with Gasteiger partial charge in [0, 0.05) is 41.1 Å². The molecule has 0 spiro atoms. The molecule has 0 aliphatic carbocycles. The van der Waals surface area contributed by atoms with Gasteiger partial charge in [0.05, 0.1) is 0 Å². The number of hydrogen-bond donors (Lipinski definition) is 1. The minimum absolute atomic E-state index is 0. The van der Waals surface area contributed by atoms with Crippen molar-refractivity contribution in [3.05, 3.63) is 63.9 Å². The Bertz CT molecular complexity index is 469. The Labute approximate surface area is 123 Å². The van der Waals surface area contributed by atoms with E-state index in [2.05, 4.69) is 10.3 Å². The van der Waals surface area contributed by atoms with Crippen LogP contribution in [0.25, 0.3) is 0 Å². The van der Waals surface area contributed by atoms with Crippen LogP contribution in [-0.2, 0) is 13.1 Å². The van der Waals surface area contributed by atoms with Gasteiger partial charge in [-0.25, -0.2) is 0 Å². The summed E-state index contributed by atoms with van der Waals surface area (Å²) in [7, 11) is 0. The standard InChI is InChI=1S/C13H12Cl2N2.ClH/c14-12-2-1-3-13(15)11(12)9-17-8-10-4-6-16-7-5-10;/h1-7,17H,8-9H2;1H/p-1. The van der Waals surface area contributed by atoms with Crippen molar-refractivity contribution in [2.24, 2.45) is 0 Å². The summed E-state index contributed by atoms with van der Waals surface area (Å²) >= 11 is 12.2. The van der Waals surface area contributed by atoms with Gasteiger partial charge in [-0.3, -0.25) is 4.98 Å². The van der Waals surface area contributed by atoms with Crippen molar-refractivity contribution >= 4 is 23.2 Å². The lowest BCUT2D eigenvalue weighted by Gasteiger charge is -2.08. The number of hydrogen-bond acceptors (Lipinski definition) is 2. The van der Waals surface area contributed by atoms with E-state index in [9.17, 15) is 0 Å². The predicted octanol–water partition coefficient (Wildman–Crippen LogP) is 0.682. The van der Waals surface area contributed by atoms with Gasteiger partial charge in [-0.05, 0) is 29.8 Å². The molecule has 2 rings (SSSR count). The fraction of sp³-hybridized carbons (Fsp3) is 0.154. The summed E-state index contributed by atoms with van der Waals surface area (Å²) < 4.78 is 0. The normalized spacial score (nSPS) is 9.89. The minimum Gasteiger partial charge on any atom is -1.00 e. The first-order valence-electron chi connectivity index (χ1n) is 5.30. The van der Waals surface area contributed by atoms with E-state index in [4.69, 9.17) is 23.2 Å². The van der Waals surface area contributed by atoms with E-state index in [1.807, 2.05) is 30.3 Å². The topological polar surface area (TPSA) is 24.9 Å². The fourth-order valence-corrected chi connectivity index (χ4v) is 2.06. The van der Waals surface area contributed by atoms with Crippen LogP contribution in [0.15, 0.2) is 42.7 Å². The van der Waals surface area contributed by atoms with Gasteiger partial charge in [0.15, 0.2) is 0 Å². The molecular weight excluding hydrogens is 291 g/mol. The highest BCUT2D eigenvalue weighted by Gasteiger charge is 2.04. The van der Waals surface area contributed by atoms with E-state index in [1.54, 1.807) is 12.4 Å². The van der Waals surface area contributed by atoms with Crippen LogP contribution in [0.1, 0.15) is 11.1 Å². The van der Waals surface area contributed by atoms with E-state index >= 15 is 0 Å². The molecule has 1 heterocycles. The van der Waals surface area contributed by atoms with Crippen molar-refractivity contribution in [1.29, 1.82) is 0 Å². The maximum absolute atomic E-state index is 6.08. The Morgan fingerprint density at radius 1 is 0.944 bits per heavy atom. The van der Waals surface area contributed by atoms with Crippen molar-refractivity contribution in [2.45, 2.75) is 13.1 Å². The number of nitrogens with one attached hydrogen (secondary N) is 1. The SMILES string of the molecule is Clc1cccc(Cl)c1CNCc1ccncc1.[Cl-]. The molecule has 0 aliphatic heterocycles. The molecule has 0 bridgehead atoms. The maximum Gasteiger partial charge on any atom is 0.0465 e. The Kier molecular flexibility index (Phi) is 6.44. The van der Waals surface area contributed by atoms with Gasteiger partial charge in [-0.1, -0.05) is 29.3 Å². The van der Waals surface area contributed by atoms with E-state index in [-0.39, 0.29) is 12.4 Å². The zero-order valence-electron chi connectivity index (χ0n) is 9.54. The average molecular weight is 303 g/mol. The summed E-state index contributed by atoms with van der Waals surface area (Å²) in [6.07, 6.45) is 3.55. The number of halogens is 3. The number of nitrogens with zero attached hydrogens (tertiary/aromatic N) is 1. The van der Waals surface area contributed by atoms with E-state index in [1.165, 1.54) is 5.56 Å². The van der Waals surface area contributed by atoms with Crippen molar-refractivity contribution in [2.75, 3.05) is 0 Å². The van der Waals surface area contributed by atoms with Crippen LogP contribution in [0, 0.1) is 0 Å². The number of benzene rings is 1. The molecule has 1 N–H and O–H groups in total. The first kappa shape index (κ1) is 15.3. The molecule has 0 saturated carbocycles. The van der Waals surface area contributed by atoms with E-state index in [0.717, 1.165) is 12.1 Å². The van der Waals surface area contributed by atoms with Gasteiger partial charge in [-0.2, -0.15) is 0 Å². The molecule has 96 valence electrons. The Morgan fingerprint density at radius 3 is 2.17 bits per heavy atom. The molecule has 0 fully saturated rings. The van der Waals surface area contributed by atoms with Crippen LogP contribution >= 0.6 is 23.2 Å². The molecule has 0 saturated heterocycles. The number of pyridine rings is 1. The fourth-order valence-electron chi connectivity index (χ4n) is 1.53. The van der Waals surface area contributed by atoms with Crippen molar-refractivity contribution in [1.82, 2.24) is 10.3 Å². The van der Waals surface area contributed by atoms with Crippen LogP contribution < -0.4 is 17.7 Å². The highest BCUT2D eigenvalue weighted by Crippen LogP contribution is 2.23. The second-order valence-electron chi connectivity index (χ2n) is 3.66. The highest BCUT2D eigenvalue weighted by atomic mass is 35.5. The average Bonchev–Trinajstić information content (AvgIpc) is 2.34. The highest BCUT2D eigenvalue weighted by molar-refractivity contribution is 6.35. The summed E-state index contributed by atoms with van der Waals surface area (Å²) in [5.41, 5.74) is 2.12. The van der Waals surface area contributed by atoms with Crippen LogP contribution in [0.5, 0.6) is 0 Å². The Hall–Kier alpha value is -0.800. The molecule has 1 aromatic heterocycles. The summed E-state index contributed by atoms with van der Waals surface area (Å²) in [4.78, 5) is 3.97. The van der Waals surface area contributed by atoms with Crippen LogP contribution in [0.3, 0.4) is 0 Å². The van der Waals surface area contributed by atoms with Gasteiger partial charge < -0.3 is 17.7 Å². The van der Waals surface area contributed by atoms with Crippen LogP contribution in [0.2, 0.25) is 10.0 Å². The minimum atomic E-state index is 0. The molecule has 2 nitrogen and oxygen atoms in total. The summed E-state index contributed by atoms with van der Waals surface area (Å²) in [6, 6.07) is 9.48. The number of aromatic nitrogens is 1. The first-order valence-corrected chi connectivity index (χ1v) is 6.05.